The van der Waals surface area contributed by atoms with Gasteiger partial charge in [-0.2, -0.15) is 8.75 Å². The van der Waals surface area contributed by atoms with Crippen molar-refractivity contribution in [3.8, 4) is 41.8 Å². The van der Waals surface area contributed by atoms with Crippen molar-refractivity contribution in [2.45, 2.75) is 97.8 Å². The fourth-order valence-corrected chi connectivity index (χ4v) is 11.3. The average Bonchev–Trinajstić information content (AvgIpc) is 4.02. The van der Waals surface area contributed by atoms with E-state index >= 15 is 0 Å². The molecule has 0 aliphatic carbocycles. The molecule has 282 valence electrons. The van der Waals surface area contributed by atoms with E-state index in [0.29, 0.717) is 0 Å². The van der Waals surface area contributed by atoms with Crippen molar-refractivity contribution >= 4 is 77.5 Å². The highest BCUT2D eigenvalue weighted by atomic mass is 32.1. The summed E-state index contributed by atoms with van der Waals surface area (Å²) in [4.78, 5) is 7.72. The molecule has 0 radical (unpaired) electrons. The van der Waals surface area contributed by atoms with E-state index in [1.54, 1.807) is 0 Å². The Morgan fingerprint density at radius 3 is 1.69 bits per heavy atom. The first-order valence-corrected chi connectivity index (χ1v) is 23.4. The number of aromatic nitrogens is 2. The first-order chi connectivity index (χ1) is 26.6. The van der Waals surface area contributed by atoms with E-state index in [9.17, 15) is 0 Å². The molecule has 4 nitrogen and oxygen atoms in total. The van der Waals surface area contributed by atoms with Crippen molar-refractivity contribution in [3.63, 3.8) is 0 Å². The molecule has 0 fully saturated rings. The molecule has 4 heterocycles. The van der Waals surface area contributed by atoms with Crippen LogP contribution in [-0.2, 0) is 0 Å². The first-order valence-electron chi connectivity index (χ1n) is 20.2. The third-order valence-corrected chi connectivity index (χ3v) is 14.4. The molecule has 0 bridgehead atoms. The van der Waals surface area contributed by atoms with E-state index in [-0.39, 0.29) is 0 Å². The van der Waals surface area contributed by atoms with Crippen molar-refractivity contribution in [3.05, 3.63) is 84.9 Å². The minimum absolute atomic E-state index is 1.000. The lowest BCUT2D eigenvalue weighted by atomic mass is 10.1. The molecule has 0 atom stereocenters. The van der Waals surface area contributed by atoms with Crippen LogP contribution in [0.3, 0.4) is 0 Å². The summed E-state index contributed by atoms with van der Waals surface area (Å²) in [5, 5.41) is 3.58. The zero-order valence-corrected chi connectivity index (χ0v) is 35.4. The number of unbranched alkanes of at least 4 members (excludes halogenated alkanes) is 9. The summed E-state index contributed by atoms with van der Waals surface area (Å²) in [6, 6.07) is 32.0. The predicted octanol–water partition coefficient (Wildman–Crippen LogP) is 15.7. The van der Waals surface area contributed by atoms with Gasteiger partial charge in [0.2, 0.25) is 0 Å². The van der Waals surface area contributed by atoms with Gasteiger partial charge < -0.3 is 10.2 Å². The Kier molecular flexibility index (Phi) is 13.9. The van der Waals surface area contributed by atoms with Crippen molar-refractivity contribution in [1.29, 1.82) is 0 Å². The number of hydrogen-bond acceptors (Lipinski definition) is 8. The van der Waals surface area contributed by atoms with Gasteiger partial charge in [0, 0.05) is 71.0 Å². The second-order valence-corrected chi connectivity index (χ2v) is 18.2. The molecule has 0 aliphatic rings. The van der Waals surface area contributed by atoms with Crippen molar-refractivity contribution in [1.82, 2.24) is 8.75 Å². The number of hydrogen-bond donors (Lipinski definition) is 1. The number of fused-ring (bicyclic) bond motifs is 2. The summed E-state index contributed by atoms with van der Waals surface area (Å²) >= 11 is 6.89. The molecule has 7 rings (SSSR count). The number of nitrogens with zero attached hydrogens (tertiary/aromatic N) is 3. The highest BCUT2D eigenvalue weighted by Crippen LogP contribution is 2.45. The van der Waals surface area contributed by atoms with Gasteiger partial charge in [-0.05, 0) is 78.9 Å². The maximum absolute atomic E-state index is 4.83. The molecule has 8 heteroatoms. The Morgan fingerprint density at radius 2 is 1.04 bits per heavy atom. The molecule has 3 aromatic carbocycles. The number of nitrogens with one attached hydrogen (secondary N) is 1. The van der Waals surface area contributed by atoms with Crippen LogP contribution in [0.5, 0.6) is 0 Å². The van der Waals surface area contributed by atoms with Crippen LogP contribution in [0.15, 0.2) is 84.9 Å². The van der Waals surface area contributed by atoms with E-state index in [0.717, 1.165) is 30.7 Å². The highest BCUT2D eigenvalue weighted by molar-refractivity contribution is 7.31. The average molecular weight is 791 g/mol. The molecule has 0 saturated carbocycles. The maximum Gasteiger partial charge on any atom is 0.114 e. The standard InChI is InChI=1S/C46H54N4S4/c1-4-7-10-13-28-47-35-20-16-34(17-21-35)41-31-43-44(52-41)32-42(53-43)38-25-24-37(45-46(38)49-54-48-45)40-27-26-39(51-40)33-18-22-36(23-19-33)50(29-14-11-8-5-2)30-15-12-9-6-3/h16-27,31-32,47H,4-15,28-30H2,1-3H3. The molecular formula is C46H54N4S4. The Balaban J connectivity index is 1.04. The van der Waals surface area contributed by atoms with Crippen LogP contribution in [0.25, 0.3) is 62.2 Å². The van der Waals surface area contributed by atoms with E-state index in [1.807, 2.05) is 34.0 Å². The number of thiophene rings is 3. The van der Waals surface area contributed by atoms with Crippen LogP contribution < -0.4 is 10.2 Å². The Morgan fingerprint density at radius 1 is 0.500 bits per heavy atom. The van der Waals surface area contributed by atoms with E-state index in [2.05, 4.69) is 116 Å². The number of rotatable bonds is 21. The van der Waals surface area contributed by atoms with Gasteiger partial charge in [0.15, 0.2) is 0 Å². The molecule has 54 heavy (non-hydrogen) atoms. The van der Waals surface area contributed by atoms with Gasteiger partial charge >= 0.3 is 0 Å². The number of benzene rings is 3. The second-order valence-electron chi connectivity index (χ2n) is 14.5. The topological polar surface area (TPSA) is 41.0 Å². The minimum atomic E-state index is 1.000. The second kappa shape index (κ2) is 19.3. The quantitative estimate of drug-likeness (QED) is 0.0736. The summed E-state index contributed by atoms with van der Waals surface area (Å²) < 4.78 is 12.3. The van der Waals surface area contributed by atoms with Crippen molar-refractivity contribution < 1.29 is 0 Å². The van der Waals surface area contributed by atoms with Gasteiger partial charge in [0.1, 0.15) is 11.0 Å². The molecule has 0 spiro atoms. The number of anilines is 2. The maximum atomic E-state index is 4.83. The molecular weight excluding hydrogens is 737 g/mol. The highest BCUT2D eigenvalue weighted by Gasteiger charge is 2.18. The molecule has 1 N–H and O–H groups in total. The van der Waals surface area contributed by atoms with Crippen molar-refractivity contribution in [2.24, 2.45) is 0 Å². The minimum Gasteiger partial charge on any atom is -0.385 e. The van der Waals surface area contributed by atoms with Crippen LogP contribution in [0.1, 0.15) is 97.8 Å². The molecule has 0 saturated heterocycles. The van der Waals surface area contributed by atoms with Gasteiger partial charge in [0.05, 0.1) is 11.7 Å². The monoisotopic (exact) mass is 790 g/mol. The van der Waals surface area contributed by atoms with Gasteiger partial charge in [0.25, 0.3) is 0 Å². The largest absolute Gasteiger partial charge is 0.385 e. The van der Waals surface area contributed by atoms with Crippen molar-refractivity contribution in [2.75, 3.05) is 29.9 Å². The van der Waals surface area contributed by atoms with Crippen LogP contribution in [0, 0.1) is 0 Å². The van der Waals surface area contributed by atoms with Crippen LogP contribution in [0.2, 0.25) is 0 Å². The smallest absolute Gasteiger partial charge is 0.114 e. The fraction of sp³-hybridized carbons (Fsp3) is 0.391. The predicted molar refractivity (Wildman–Crippen MR) is 243 cm³/mol. The lowest BCUT2D eigenvalue weighted by Gasteiger charge is -2.25. The zero-order chi connectivity index (χ0) is 37.1. The summed E-state index contributed by atoms with van der Waals surface area (Å²) in [6.45, 7) is 10.2. The molecule has 7 aromatic rings. The third-order valence-electron chi connectivity index (χ3n) is 10.4. The van der Waals surface area contributed by atoms with Crippen LogP contribution >= 0.6 is 45.7 Å². The lowest BCUT2D eigenvalue weighted by Crippen LogP contribution is -2.25. The zero-order valence-electron chi connectivity index (χ0n) is 32.2. The SMILES string of the molecule is CCCCCCNc1ccc(-c2cc3sc(-c4ccc(-c5ccc(-c6ccc(N(CCCCCC)CCCCCC)cc6)s5)c5nsnc45)cc3s2)cc1. The first kappa shape index (κ1) is 38.7. The molecule has 0 unspecified atom stereocenters. The van der Waals surface area contributed by atoms with E-state index in [1.165, 1.54) is 151 Å². The van der Waals surface area contributed by atoms with Gasteiger partial charge in [-0.1, -0.05) is 115 Å². The van der Waals surface area contributed by atoms with Gasteiger partial charge in [-0.15, -0.1) is 34.0 Å². The van der Waals surface area contributed by atoms with Crippen LogP contribution in [0.4, 0.5) is 11.4 Å². The summed E-state index contributed by atoms with van der Waals surface area (Å²) in [7, 11) is 0. The molecule has 4 aromatic heterocycles. The lowest BCUT2D eigenvalue weighted by molar-refractivity contribution is 0.609. The van der Waals surface area contributed by atoms with E-state index in [4.69, 9.17) is 8.75 Å². The fourth-order valence-electron chi connectivity index (χ4n) is 7.21. The normalized spacial score (nSPS) is 11.6. The van der Waals surface area contributed by atoms with E-state index < -0.39 is 0 Å². The van der Waals surface area contributed by atoms with Crippen LogP contribution in [-0.4, -0.2) is 28.4 Å². The Bertz CT molecular complexity index is 2140. The molecule has 0 aliphatic heterocycles. The summed E-state index contributed by atoms with van der Waals surface area (Å²) in [5.41, 5.74) is 9.46. The van der Waals surface area contributed by atoms with Gasteiger partial charge in [-0.25, -0.2) is 0 Å². The Hall–Kier alpha value is -3.56. The van der Waals surface area contributed by atoms with Gasteiger partial charge in [-0.3, -0.25) is 0 Å². The third kappa shape index (κ3) is 9.44. The molecule has 0 amide bonds. The summed E-state index contributed by atoms with van der Waals surface area (Å²) in [6.07, 6.45) is 15.5. The summed E-state index contributed by atoms with van der Waals surface area (Å²) in [5.74, 6) is 0. The Labute approximate surface area is 338 Å².